The van der Waals surface area contributed by atoms with E-state index in [1.165, 1.54) is 37.7 Å². The summed E-state index contributed by atoms with van der Waals surface area (Å²) < 4.78 is 0. The van der Waals surface area contributed by atoms with E-state index in [0.29, 0.717) is 0 Å². The lowest BCUT2D eigenvalue weighted by Gasteiger charge is -2.10. The number of hydrogen-bond acceptors (Lipinski definition) is 0. The van der Waals surface area contributed by atoms with Gasteiger partial charge >= 0.3 is 0 Å². The molecule has 0 aliphatic heterocycles. The molecule has 0 heteroatoms. The molecule has 0 aliphatic carbocycles. The highest BCUT2D eigenvalue weighted by Gasteiger charge is 2.03. The van der Waals surface area contributed by atoms with Crippen molar-refractivity contribution in [2.75, 3.05) is 0 Å². The predicted molar refractivity (Wildman–Crippen MR) is 75.0 cm³/mol. The molecule has 1 atom stereocenters. The minimum Gasteiger partial charge on any atom is -0.0683 e. The normalized spacial score (nSPS) is 11.5. The highest BCUT2D eigenvalue weighted by atomic mass is 14.1. The van der Waals surface area contributed by atoms with Crippen LogP contribution in [0.25, 0.3) is 0 Å². The summed E-state index contributed by atoms with van der Waals surface area (Å²) in [6.07, 6.45) is 6.84. The SMILES string of the molecule is CC.CCCCCCC(C)c1ccccc1. The van der Waals surface area contributed by atoms with Crippen molar-refractivity contribution < 1.29 is 0 Å². The summed E-state index contributed by atoms with van der Waals surface area (Å²) in [6, 6.07) is 10.8. The highest BCUT2D eigenvalue weighted by Crippen LogP contribution is 2.21. The molecule has 0 spiro atoms. The zero-order chi connectivity index (χ0) is 12.2. The van der Waals surface area contributed by atoms with E-state index in [1.54, 1.807) is 0 Å². The molecule has 0 radical (unpaired) electrons. The molecule has 1 unspecified atom stereocenters. The minimum absolute atomic E-state index is 0.730. The Morgan fingerprint density at radius 2 is 1.56 bits per heavy atom. The van der Waals surface area contributed by atoms with Gasteiger partial charge in [-0.2, -0.15) is 0 Å². The van der Waals surface area contributed by atoms with E-state index in [4.69, 9.17) is 0 Å². The quantitative estimate of drug-likeness (QED) is 0.532. The van der Waals surface area contributed by atoms with Gasteiger partial charge in [-0.05, 0) is 17.9 Å². The maximum atomic E-state index is 2.33. The molecule has 0 aliphatic rings. The zero-order valence-corrected chi connectivity index (χ0v) is 11.5. The molecule has 0 heterocycles. The Labute approximate surface area is 102 Å². The zero-order valence-electron chi connectivity index (χ0n) is 11.5. The topological polar surface area (TPSA) is 0 Å². The van der Waals surface area contributed by atoms with Crippen LogP contribution in [0.15, 0.2) is 30.3 Å². The maximum absolute atomic E-state index is 2.33. The van der Waals surface area contributed by atoms with E-state index in [9.17, 15) is 0 Å². The van der Waals surface area contributed by atoms with Gasteiger partial charge < -0.3 is 0 Å². The van der Waals surface area contributed by atoms with Crippen LogP contribution in [0.3, 0.4) is 0 Å². The van der Waals surface area contributed by atoms with E-state index in [2.05, 4.69) is 44.2 Å². The Kier molecular flexibility index (Phi) is 10.2. The number of rotatable bonds is 6. The summed E-state index contributed by atoms with van der Waals surface area (Å²) in [7, 11) is 0. The average Bonchev–Trinajstić information content (AvgIpc) is 2.38. The highest BCUT2D eigenvalue weighted by molar-refractivity contribution is 5.18. The second-order valence-electron chi connectivity index (χ2n) is 4.16. The predicted octanol–water partition coefficient (Wildman–Crippen LogP) is 5.79. The fourth-order valence-corrected chi connectivity index (χ4v) is 1.83. The van der Waals surface area contributed by atoms with Crippen molar-refractivity contribution in [3.63, 3.8) is 0 Å². The van der Waals surface area contributed by atoms with E-state index in [1.807, 2.05) is 13.8 Å². The lowest BCUT2D eigenvalue weighted by Crippen LogP contribution is -1.92. The van der Waals surface area contributed by atoms with Crippen LogP contribution in [-0.2, 0) is 0 Å². The third-order valence-corrected chi connectivity index (χ3v) is 2.86. The summed E-state index contributed by atoms with van der Waals surface area (Å²) in [4.78, 5) is 0. The molecule has 0 fully saturated rings. The molecule has 0 bridgehead atoms. The first-order chi connectivity index (χ1) is 7.84. The van der Waals surface area contributed by atoms with Crippen molar-refractivity contribution in [3.8, 4) is 0 Å². The van der Waals surface area contributed by atoms with Gasteiger partial charge in [0.2, 0.25) is 0 Å². The molecule has 1 aromatic carbocycles. The first-order valence-corrected chi connectivity index (χ1v) is 6.89. The maximum Gasteiger partial charge on any atom is -0.0190 e. The number of hydrogen-bond donors (Lipinski definition) is 0. The molecular weight excluding hydrogens is 192 g/mol. The van der Waals surface area contributed by atoms with Gasteiger partial charge in [0.05, 0.1) is 0 Å². The molecule has 16 heavy (non-hydrogen) atoms. The molecule has 0 saturated carbocycles. The smallest absolute Gasteiger partial charge is 0.0190 e. The molecule has 0 nitrogen and oxygen atoms in total. The Hall–Kier alpha value is -0.780. The largest absolute Gasteiger partial charge is 0.0683 e. The van der Waals surface area contributed by atoms with Crippen LogP contribution in [0.5, 0.6) is 0 Å². The van der Waals surface area contributed by atoms with Gasteiger partial charge in [0.15, 0.2) is 0 Å². The van der Waals surface area contributed by atoms with Gasteiger partial charge in [0, 0.05) is 0 Å². The Bertz CT molecular complexity index is 225. The second-order valence-corrected chi connectivity index (χ2v) is 4.16. The lowest BCUT2D eigenvalue weighted by molar-refractivity contribution is 0.580. The van der Waals surface area contributed by atoms with Crippen molar-refractivity contribution in [2.45, 2.75) is 65.7 Å². The molecule has 92 valence electrons. The number of benzene rings is 1. The molecule has 1 rings (SSSR count). The minimum atomic E-state index is 0.730. The first-order valence-electron chi connectivity index (χ1n) is 6.89. The van der Waals surface area contributed by atoms with Crippen LogP contribution in [0.4, 0.5) is 0 Å². The molecular formula is C16H28. The van der Waals surface area contributed by atoms with E-state index < -0.39 is 0 Å². The third-order valence-electron chi connectivity index (χ3n) is 2.86. The van der Waals surface area contributed by atoms with Crippen molar-refractivity contribution in [3.05, 3.63) is 35.9 Å². The van der Waals surface area contributed by atoms with Crippen LogP contribution >= 0.6 is 0 Å². The standard InChI is InChI=1S/C14H22.C2H6/c1-3-4-5-7-10-13(2)14-11-8-6-9-12-14;1-2/h6,8-9,11-13H,3-5,7,10H2,1-2H3;1-2H3. The van der Waals surface area contributed by atoms with Crippen molar-refractivity contribution >= 4 is 0 Å². The van der Waals surface area contributed by atoms with Gasteiger partial charge in [-0.15, -0.1) is 0 Å². The van der Waals surface area contributed by atoms with Crippen LogP contribution in [-0.4, -0.2) is 0 Å². The molecule has 0 saturated heterocycles. The summed E-state index contributed by atoms with van der Waals surface area (Å²) in [6.45, 7) is 8.60. The van der Waals surface area contributed by atoms with Gasteiger partial charge in [-0.3, -0.25) is 0 Å². The Balaban J connectivity index is 0.00000106. The summed E-state index contributed by atoms with van der Waals surface area (Å²) in [5, 5.41) is 0. The van der Waals surface area contributed by atoms with Gasteiger partial charge in [0.1, 0.15) is 0 Å². The monoisotopic (exact) mass is 220 g/mol. The van der Waals surface area contributed by atoms with E-state index >= 15 is 0 Å². The van der Waals surface area contributed by atoms with E-state index in [-0.39, 0.29) is 0 Å². The Morgan fingerprint density at radius 3 is 2.12 bits per heavy atom. The van der Waals surface area contributed by atoms with Crippen LogP contribution < -0.4 is 0 Å². The van der Waals surface area contributed by atoms with Crippen LogP contribution in [0.1, 0.15) is 71.3 Å². The van der Waals surface area contributed by atoms with Crippen molar-refractivity contribution in [2.24, 2.45) is 0 Å². The fraction of sp³-hybridized carbons (Fsp3) is 0.625. The van der Waals surface area contributed by atoms with Gasteiger partial charge in [-0.1, -0.05) is 83.7 Å². The first kappa shape index (κ1) is 15.2. The summed E-state index contributed by atoms with van der Waals surface area (Å²) in [5.41, 5.74) is 1.49. The van der Waals surface area contributed by atoms with Gasteiger partial charge in [-0.25, -0.2) is 0 Å². The Morgan fingerprint density at radius 1 is 0.938 bits per heavy atom. The number of unbranched alkanes of at least 4 members (excludes halogenated alkanes) is 3. The second kappa shape index (κ2) is 10.7. The lowest BCUT2D eigenvalue weighted by atomic mass is 9.95. The van der Waals surface area contributed by atoms with Crippen molar-refractivity contribution in [1.82, 2.24) is 0 Å². The van der Waals surface area contributed by atoms with Gasteiger partial charge in [0.25, 0.3) is 0 Å². The van der Waals surface area contributed by atoms with Crippen LogP contribution in [0.2, 0.25) is 0 Å². The molecule has 0 N–H and O–H groups in total. The molecule has 0 aromatic heterocycles. The fourth-order valence-electron chi connectivity index (χ4n) is 1.83. The summed E-state index contributed by atoms with van der Waals surface area (Å²) in [5.74, 6) is 0.730. The third kappa shape index (κ3) is 6.66. The van der Waals surface area contributed by atoms with Crippen molar-refractivity contribution in [1.29, 1.82) is 0 Å². The molecule has 1 aromatic rings. The molecule has 0 amide bonds. The average molecular weight is 220 g/mol. The van der Waals surface area contributed by atoms with Crippen LogP contribution in [0, 0.1) is 0 Å². The van der Waals surface area contributed by atoms with E-state index in [0.717, 1.165) is 5.92 Å². The summed E-state index contributed by atoms with van der Waals surface area (Å²) >= 11 is 0.